The maximum Gasteiger partial charge on any atom is 0.228 e. The molecule has 2 aliphatic rings. The van der Waals surface area contributed by atoms with Gasteiger partial charge in [-0.05, 0) is 36.5 Å². The van der Waals surface area contributed by atoms with Gasteiger partial charge in [-0.25, -0.2) is 15.0 Å². The van der Waals surface area contributed by atoms with Gasteiger partial charge in [-0.2, -0.15) is 5.10 Å². The Morgan fingerprint density at radius 2 is 1.93 bits per heavy atom. The molecule has 0 aromatic carbocycles. The molecular formula is C21H26N8. The third-order valence-corrected chi connectivity index (χ3v) is 5.63. The SMILES string of the molecule is CC(C)c1n[nH]c2c1-c1nc(Nc3ccc(N4CCNCC4)cn3)ncc1CC2. The number of anilines is 3. The monoisotopic (exact) mass is 390 g/mol. The van der Waals surface area contributed by atoms with Crippen LogP contribution in [-0.2, 0) is 12.8 Å². The highest BCUT2D eigenvalue weighted by molar-refractivity contribution is 5.72. The highest BCUT2D eigenvalue weighted by Gasteiger charge is 2.25. The van der Waals surface area contributed by atoms with Crippen LogP contribution in [0.5, 0.6) is 0 Å². The van der Waals surface area contributed by atoms with Crippen LogP contribution in [-0.4, -0.2) is 51.3 Å². The summed E-state index contributed by atoms with van der Waals surface area (Å²) < 4.78 is 0. The first-order valence-electron chi connectivity index (χ1n) is 10.3. The van der Waals surface area contributed by atoms with Crippen molar-refractivity contribution in [3.8, 4) is 11.3 Å². The van der Waals surface area contributed by atoms with Gasteiger partial charge in [-0.1, -0.05) is 13.8 Å². The summed E-state index contributed by atoms with van der Waals surface area (Å²) in [5, 5.41) is 14.4. The topological polar surface area (TPSA) is 94.7 Å². The molecule has 3 aromatic rings. The summed E-state index contributed by atoms with van der Waals surface area (Å²) in [6.07, 6.45) is 5.73. The number of hydrogen-bond acceptors (Lipinski definition) is 7. The van der Waals surface area contributed by atoms with E-state index in [4.69, 9.17) is 4.98 Å². The molecule has 1 fully saturated rings. The number of pyridine rings is 1. The number of rotatable bonds is 4. The van der Waals surface area contributed by atoms with E-state index >= 15 is 0 Å². The van der Waals surface area contributed by atoms with Gasteiger partial charge in [0.25, 0.3) is 0 Å². The van der Waals surface area contributed by atoms with E-state index in [0.717, 1.165) is 67.5 Å². The molecule has 5 rings (SSSR count). The minimum atomic E-state index is 0.339. The van der Waals surface area contributed by atoms with Crippen LogP contribution in [0, 0.1) is 0 Å². The molecule has 8 nitrogen and oxygen atoms in total. The lowest BCUT2D eigenvalue weighted by Crippen LogP contribution is -2.43. The van der Waals surface area contributed by atoms with E-state index in [2.05, 4.69) is 55.6 Å². The number of aryl methyl sites for hydroxylation is 2. The zero-order valence-electron chi connectivity index (χ0n) is 16.9. The average Bonchev–Trinajstić information content (AvgIpc) is 3.20. The van der Waals surface area contributed by atoms with Crippen molar-refractivity contribution in [2.24, 2.45) is 0 Å². The predicted octanol–water partition coefficient (Wildman–Crippen LogP) is 2.64. The molecule has 1 aliphatic carbocycles. The number of piperazine rings is 1. The molecule has 3 aromatic heterocycles. The standard InChI is InChI=1S/C21H26N8/c1-13(2)19-18-16(27-28-19)5-3-14-11-24-21(26-20(14)18)25-17-6-4-15(12-23-17)29-9-7-22-8-10-29/h4,6,11-13,22H,3,5,7-10H2,1-2H3,(H,27,28)(H,23,24,25,26). The molecule has 0 saturated carbocycles. The van der Waals surface area contributed by atoms with Gasteiger partial charge in [0.15, 0.2) is 0 Å². The van der Waals surface area contributed by atoms with Crippen molar-refractivity contribution in [1.82, 2.24) is 30.5 Å². The Balaban J connectivity index is 1.40. The lowest BCUT2D eigenvalue weighted by atomic mass is 9.91. The van der Waals surface area contributed by atoms with Crippen molar-refractivity contribution in [2.45, 2.75) is 32.6 Å². The van der Waals surface area contributed by atoms with Crippen LogP contribution in [0.4, 0.5) is 17.5 Å². The van der Waals surface area contributed by atoms with Gasteiger partial charge in [0.05, 0.1) is 23.3 Å². The lowest BCUT2D eigenvalue weighted by molar-refractivity contribution is 0.589. The largest absolute Gasteiger partial charge is 0.368 e. The van der Waals surface area contributed by atoms with E-state index in [1.165, 1.54) is 11.3 Å². The number of aromatic amines is 1. The van der Waals surface area contributed by atoms with E-state index < -0.39 is 0 Å². The Labute approximate surface area is 170 Å². The molecular weight excluding hydrogens is 364 g/mol. The maximum absolute atomic E-state index is 4.84. The second-order valence-electron chi connectivity index (χ2n) is 7.95. The van der Waals surface area contributed by atoms with Crippen LogP contribution in [0.15, 0.2) is 24.5 Å². The molecule has 1 saturated heterocycles. The molecule has 0 bridgehead atoms. The average molecular weight is 390 g/mol. The normalized spacial score (nSPS) is 15.9. The summed E-state index contributed by atoms with van der Waals surface area (Å²) in [6, 6.07) is 4.09. The van der Waals surface area contributed by atoms with Crippen LogP contribution >= 0.6 is 0 Å². The van der Waals surface area contributed by atoms with Gasteiger partial charge in [0.2, 0.25) is 5.95 Å². The molecule has 8 heteroatoms. The maximum atomic E-state index is 4.84. The summed E-state index contributed by atoms with van der Waals surface area (Å²) >= 11 is 0. The van der Waals surface area contributed by atoms with Gasteiger partial charge >= 0.3 is 0 Å². The third-order valence-electron chi connectivity index (χ3n) is 5.63. The second kappa shape index (κ2) is 7.44. The van der Waals surface area contributed by atoms with Gasteiger partial charge in [-0.15, -0.1) is 0 Å². The number of hydrogen-bond donors (Lipinski definition) is 3. The molecule has 0 unspecified atom stereocenters. The highest BCUT2D eigenvalue weighted by atomic mass is 15.2. The van der Waals surface area contributed by atoms with E-state index in [9.17, 15) is 0 Å². The minimum absolute atomic E-state index is 0.339. The summed E-state index contributed by atoms with van der Waals surface area (Å²) in [6.45, 7) is 8.36. The Morgan fingerprint density at radius 3 is 2.69 bits per heavy atom. The van der Waals surface area contributed by atoms with E-state index in [-0.39, 0.29) is 0 Å². The number of nitrogens with one attached hydrogen (secondary N) is 3. The highest BCUT2D eigenvalue weighted by Crippen LogP contribution is 2.36. The van der Waals surface area contributed by atoms with E-state index in [0.29, 0.717) is 11.9 Å². The van der Waals surface area contributed by atoms with Crippen LogP contribution in [0.25, 0.3) is 11.3 Å². The molecule has 3 N–H and O–H groups in total. The fourth-order valence-corrected chi connectivity index (χ4v) is 4.07. The van der Waals surface area contributed by atoms with E-state index in [1.807, 2.05) is 18.5 Å². The van der Waals surface area contributed by atoms with Crippen molar-refractivity contribution in [3.63, 3.8) is 0 Å². The predicted molar refractivity (Wildman–Crippen MR) is 114 cm³/mol. The quantitative estimate of drug-likeness (QED) is 0.630. The first kappa shape index (κ1) is 18.1. The van der Waals surface area contributed by atoms with Crippen LogP contribution < -0.4 is 15.5 Å². The molecule has 0 atom stereocenters. The molecule has 29 heavy (non-hydrogen) atoms. The summed E-state index contributed by atoms with van der Waals surface area (Å²) in [7, 11) is 0. The molecule has 0 radical (unpaired) electrons. The molecule has 0 spiro atoms. The number of aromatic nitrogens is 5. The Hall–Kier alpha value is -3.00. The minimum Gasteiger partial charge on any atom is -0.368 e. The molecule has 1 aliphatic heterocycles. The van der Waals surface area contributed by atoms with Crippen molar-refractivity contribution in [3.05, 3.63) is 41.5 Å². The smallest absolute Gasteiger partial charge is 0.228 e. The van der Waals surface area contributed by atoms with Gasteiger partial charge in [-0.3, -0.25) is 5.10 Å². The number of fused-ring (bicyclic) bond motifs is 3. The van der Waals surface area contributed by atoms with Crippen LogP contribution in [0.2, 0.25) is 0 Å². The summed E-state index contributed by atoms with van der Waals surface area (Å²) in [4.78, 5) is 16.3. The second-order valence-corrected chi connectivity index (χ2v) is 7.95. The third kappa shape index (κ3) is 3.44. The Bertz CT molecular complexity index is 1000. The van der Waals surface area contributed by atoms with Gasteiger partial charge < -0.3 is 15.5 Å². The van der Waals surface area contributed by atoms with Gasteiger partial charge in [0, 0.05) is 43.6 Å². The van der Waals surface area contributed by atoms with Crippen molar-refractivity contribution < 1.29 is 0 Å². The zero-order chi connectivity index (χ0) is 19.8. The first-order valence-corrected chi connectivity index (χ1v) is 10.3. The fraction of sp³-hybridized carbons (Fsp3) is 0.429. The first-order chi connectivity index (χ1) is 14.2. The van der Waals surface area contributed by atoms with Gasteiger partial charge in [0.1, 0.15) is 5.82 Å². The van der Waals surface area contributed by atoms with E-state index in [1.54, 1.807) is 0 Å². The van der Waals surface area contributed by atoms with Crippen molar-refractivity contribution in [1.29, 1.82) is 0 Å². The fourth-order valence-electron chi connectivity index (χ4n) is 4.07. The summed E-state index contributed by atoms with van der Waals surface area (Å²) in [5.74, 6) is 1.65. The van der Waals surface area contributed by atoms with Crippen molar-refractivity contribution >= 4 is 17.5 Å². The van der Waals surface area contributed by atoms with Crippen LogP contribution in [0.1, 0.15) is 36.7 Å². The lowest BCUT2D eigenvalue weighted by Gasteiger charge is -2.29. The van der Waals surface area contributed by atoms with Crippen LogP contribution in [0.3, 0.4) is 0 Å². The Morgan fingerprint density at radius 1 is 1.07 bits per heavy atom. The molecule has 4 heterocycles. The molecule has 0 amide bonds. The number of nitrogens with zero attached hydrogens (tertiary/aromatic N) is 5. The van der Waals surface area contributed by atoms with Crippen molar-refractivity contribution in [2.75, 3.05) is 36.4 Å². The number of H-pyrrole nitrogens is 1. The Kier molecular flexibility index (Phi) is 4.63. The summed E-state index contributed by atoms with van der Waals surface area (Å²) in [5.41, 5.74) is 6.70. The molecule has 150 valence electrons. The zero-order valence-corrected chi connectivity index (χ0v) is 16.9.